The number of hydrogen-bond donors (Lipinski definition) is 3. The lowest BCUT2D eigenvalue weighted by molar-refractivity contribution is -0.248. The zero-order valence-electron chi connectivity index (χ0n) is 27.9. The summed E-state index contributed by atoms with van der Waals surface area (Å²) >= 11 is 0. The lowest BCUT2D eigenvalue weighted by atomic mass is 9.32. The van der Waals surface area contributed by atoms with Crippen LogP contribution in [0.4, 0.5) is 0 Å². The fraction of sp³-hybridized carbons (Fsp3) is 0.692. The Morgan fingerprint density at radius 3 is 2.23 bits per heavy atom. The van der Waals surface area contributed by atoms with Gasteiger partial charge in [-0.15, -0.1) is 0 Å². The first kappa shape index (κ1) is 33.0. The van der Waals surface area contributed by atoms with E-state index in [0.29, 0.717) is 35.5 Å². The lowest BCUT2D eigenvalue weighted by Gasteiger charge is -2.72. The standard InChI is InChI=1S/C30H48O3.C9H8O2/c1-18(2)19-10-15-30(25(32)33)17-16-28(6)20(24(19)30)8-9-22-27(5)13-12-23(31)26(3,4)21(27)11-14-29(22,28)7;10-7-3-5-8-4-1-2-6-9(8)11/h19-24,31H,1,8-17H2,2-7H3,(H,32,33);1-7,11H/b;5-3+/t19-,20?,21?,22?,23?,24?,27-,28+,29+,30-;/m0./s1. The number of carboxylic acid groups (broad SMARTS) is 1. The minimum absolute atomic E-state index is 0.0202. The molecule has 5 unspecified atom stereocenters. The predicted octanol–water partition coefficient (Wildman–Crippen LogP) is 8.69. The van der Waals surface area contributed by atoms with Gasteiger partial charge in [-0.05, 0) is 141 Å². The average molecular weight is 605 g/mol. The van der Waals surface area contributed by atoms with E-state index in [2.05, 4.69) is 48.1 Å². The van der Waals surface area contributed by atoms with Crippen molar-refractivity contribution < 1.29 is 24.9 Å². The summed E-state index contributed by atoms with van der Waals surface area (Å²) in [5.74, 6) is 1.98. The number of carbonyl (C=O) groups excluding carboxylic acids is 1. The minimum Gasteiger partial charge on any atom is -0.507 e. The molecule has 0 bridgehead atoms. The number of para-hydroxylation sites is 1. The van der Waals surface area contributed by atoms with Gasteiger partial charge in [0, 0.05) is 5.56 Å². The van der Waals surface area contributed by atoms with E-state index in [1.54, 1.807) is 30.3 Å². The van der Waals surface area contributed by atoms with Gasteiger partial charge in [-0.2, -0.15) is 0 Å². The van der Waals surface area contributed by atoms with Gasteiger partial charge in [-0.25, -0.2) is 0 Å². The fourth-order valence-electron chi connectivity index (χ4n) is 12.3. The van der Waals surface area contributed by atoms with Crippen molar-refractivity contribution in [1.82, 2.24) is 0 Å². The maximum Gasteiger partial charge on any atom is 0.309 e. The van der Waals surface area contributed by atoms with E-state index in [-0.39, 0.29) is 39.4 Å². The number of rotatable bonds is 4. The van der Waals surface area contributed by atoms with E-state index >= 15 is 0 Å². The van der Waals surface area contributed by atoms with Crippen LogP contribution in [0.5, 0.6) is 5.75 Å². The fourth-order valence-corrected chi connectivity index (χ4v) is 12.3. The lowest BCUT2D eigenvalue weighted by Crippen LogP contribution is -2.67. The number of hydrogen-bond acceptors (Lipinski definition) is 4. The van der Waals surface area contributed by atoms with Gasteiger partial charge in [0.15, 0.2) is 0 Å². The summed E-state index contributed by atoms with van der Waals surface area (Å²) in [7, 11) is 0. The second kappa shape index (κ2) is 11.4. The maximum absolute atomic E-state index is 12.8. The van der Waals surface area contributed by atoms with Crippen molar-refractivity contribution >= 4 is 18.3 Å². The molecule has 5 nitrogen and oxygen atoms in total. The third-order valence-electron chi connectivity index (χ3n) is 14.8. The molecular weight excluding hydrogens is 548 g/mol. The van der Waals surface area contributed by atoms with Crippen LogP contribution >= 0.6 is 0 Å². The highest BCUT2D eigenvalue weighted by Crippen LogP contribution is 2.77. The maximum atomic E-state index is 12.8. The van der Waals surface area contributed by atoms with Crippen molar-refractivity contribution in [3.8, 4) is 5.75 Å². The molecule has 5 heteroatoms. The average Bonchev–Trinajstić information content (AvgIpc) is 3.37. The first-order valence-corrected chi connectivity index (χ1v) is 17.1. The summed E-state index contributed by atoms with van der Waals surface area (Å²) in [6.07, 6.45) is 14.0. The zero-order valence-corrected chi connectivity index (χ0v) is 27.9. The molecule has 0 heterocycles. The van der Waals surface area contributed by atoms with Crippen LogP contribution in [0.2, 0.25) is 0 Å². The van der Waals surface area contributed by atoms with Crippen molar-refractivity contribution in [2.45, 2.75) is 112 Å². The molecule has 0 amide bonds. The Kier molecular flexibility index (Phi) is 8.57. The minimum atomic E-state index is -0.538. The van der Waals surface area contributed by atoms with Gasteiger partial charge >= 0.3 is 5.97 Å². The van der Waals surface area contributed by atoms with Crippen LogP contribution in [0.25, 0.3) is 6.08 Å². The van der Waals surface area contributed by atoms with Crippen LogP contribution in [-0.2, 0) is 9.59 Å². The molecule has 6 rings (SSSR count). The number of aliphatic hydroxyl groups excluding tert-OH is 1. The molecule has 44 heavy (non-hydrogen) atoms. The molecule has 1 aromatic rings. The van der Waals surface area contributed by atoms with E-state index in [4.69, 9.17) is 5.11 Å². The molecule has 5 aliphatic rings. The quantitative estimate of drug-likeness (QED) is 0.182. The number of phenolic OH excluding ortho intramolecular Hbond substituents is 1. The summed E-state index contributed by atoms with van der Waals surface area (Å²) in [4.78, 5) is 22.7. The molecule has 1 aromatic carbocycles. The summed E-state index contributed by atoms with van der Waals surface area (Å²) in [5.41, 5.74) is 2.01. The number of allylic oxidation sites excluding steroid dienone is 2. The number of aromatic hydroxyl groups is 1. The highest BCUT2D eigenvalue weighted by atomic mass is 16.4. The number of aldehydes is 1. The molecule has 5 saturated carbocycles. The Morgan fingerprint density at radius 2 is 1.59 bits per heavy atom. The SMILES string of the molecule is C=C(C)[C@@H]1CC[C@]2(C(=O)O)CC[C@]3(C)C(CCC4[C@@]5(C)CCC(O)C(C)(C)C5CC[C@]43C)C12.O=C/C=C/c1ccccc1O. The normalized spacial score (nSPS) is 43.8. The molecule has 0 aliphatic heterocycles. The topological polar surface area (TPSA) is 94.8 Å². The number of phenols is 1. The Bertz CT molecular complexity index is 1310. The first-order chi connectivity index (χ1) is 20.6. The number of carbonyl (C=O) groups is 2. The van der Waals surface area contributed by atoms with Crippen LogP contribution in [0.1, 0.15) is 111 Å². The van der Waals surface area contributed by atoms with E-state index in [1.165, 1.54) is 37.3 Å². The van der Waals surface area contributed by atoms with E-state index < -0.39 is 11.4 Å². The van der Waals surface area contributed by atoms with Crippen LogP contribution in [0, 0.1) is 56.7 Å². The molecule has 0 aromatic heterocycles. The van der Waals surface area contributed by atoms with Gasteiger partial charge in [-0.1, -0.05) is 65.0 Å². The van der Waals surface area contributed by atoms with Crippen molar-refractivity contribution in [3.63, 3.8) is 0 Å². The summed E-state index contributed by atoms with van der Waals surface area (Å²) in [6, 6.07) is 6.83. The second-order valence-electron chi connectivity index (χ2n) is 16.6. The van der Waals surface area contributed by atoms with E-state index in [1.807, 2.05) is 0 Å². The molecule has 0 spiro atoms. The molecule has 10 atom stereocenters. The van der Waals surface area contributed by atoms with Gasteiger partial charge in [0.2, 0.25) is 0 Å². The Labute approximate surface area is 265 Å². The van der Waals surface area contributed by atoms with Crippen LogP contribution in [0.15, 0.2) is 42.5 Å². The highest BCUT2D eigenvalue weighted by Gasteiger charge is 2.72. The van der Waals surface area contributed by atoms with Gasteiger partial charge < -0.3 is 15.3 Å². The van der Waals surface area contributed by atoms with E-state index in [0.717, 1.165) is 38.5 Å². The van der Waals surface area contributed by atoms with Gasteiger partial charge in [0.05, 0.1) is 11.5 Å². The van der Waals surface area contributed by atoms with Gasteiger partial charge in [0.25, 0.3) is 0 Å². The number of aliphatic carboxylic acids is 1. The Morgan fingerprint density at radius 1 is 0.886 bits per heavy atom. The van der Waals surface area contributed by atoms with Gasteiger partial charge in [0.1, 0.15) is 12.0 Å². The first-order valence-electron chi connectivity index (χ1n) is 17.1. The van der Waals surface area contributed by atoms with Crippen LogP contribution in [-0.4, -0.2) is 33.7 Å². The van der Waals surface area contributed by atoms with Gasteiger partial charge in [-0.3, -0.25) is 9.59 Å². The monoisotopic (exact) mass is 604 g/mol. The Balaban J connectivity index is 0.000000296. The molecule has 242 valence electrons. The summed E-state index contributed by atoms with van der Waals surface area (Å²) in [6.45, 7) is 18.8. The van der Waals surface area contributed by atoms with Crippen molar-refractivity contribution in [2.75, 3.05) is 0 Å². The number of benzene rings is 1. The predicted molar refractivity (Wildman–Crippen MR) is 176 cm³/mol. The zero-order chi connectivity index (χ0) is 32.3. The number of aliphatic hydroxyl groups is 1. The highest BCUT2D eigenvalue weighted by molar-refractivity contribution is 5.76. The largest absolute Gasteiger partial charge is 0.507 e. The third-order valence-corrected chi connectivity index (χ3v) is 14.8. The van der Waals surface area contributed by atoms with E-state index in [9.17, 15) is 19.8 Å². The number of fused-ring (bicyclic) bond motifs is 7. The Hall–Kier alpha value is -2.40. The second-order valence-corrected chi connectivity index (χ2v) is 16.6. The number of carboxylic acids is 1. The molecule has 3 N–H and O–H groups in total. The smallest absolute Gasteiger partial charge is 0.309 e. The van der Waals surface area contributed by atoms with Crippen molar-refractivity contribution in [3.05, 3.63) is 48.1 Å². The molecule has 0 radical (unpaired) electrons. The molecule has 5 fully saturated rings. The molecule has 0 saturated heterocycles. The summed E-state index contributed by atoms with van der Waals surface area (Å²) in [5, 5.41) is 30.6. The van der Waals surface area contributed by atoms with Crippen molar-refractivity contribution in [2.24, 2.45) is 56.7 Å². The van der Waals surface area contributed by atoms with Crippen LogP contribution in [0.3, 0.4) is 0 Å². The molecule has 5 aliphatic carbocycles. The summed E-state index contributed by atoms with van der Waals surface area (Å²) < 4.78 is 0. The van der Waals surface area contributed by atoms with Crippen molar-refractivity contribution in [1.29, 1.82) is 0 Å². The van der Waals surface area contributed by atoms with Crippen LogP contribution < -0.4 is 0 Å². The third kappa shape index (κ3) is 4.74. The molecular formula is C39H56O5.